The van der Waals surface area contributed by atoms with Gasteiger partial charge in [-0.3, -0.25) is 0 Å². The van der Waals surface area contributed by atoms with Crippen molar-refractivity contribution in [2.24, 2.45) is 0 Å². The first-order valence-corrected chi connectivity index (χ1v) is 4.62. The van der Waals surface area contributed by atoms with Crippen LogP contribution in [0.15, 0.2) is 24.4 Å². The summed E-state index contributed by atoms with van der Waals surface area (Å²) in [6.07, 6.45) is 1.87. The minimum atomic E-state index is 0.0353. The summed E-state index contributed by atoms with van der Waals surface area (Å²) in [7, 11) is 0. The third kappa shape index (κ3) is 1.26. The summed E-state index contributed by atoms with van der Waals surface area (Å²) in [5.41, 5.74) is 1.13. The lowest BCUT2D eigenvalue weighted by atomic mass is 10.1. The lowest BCUT2D eigenvalue weighted by Crippen LogP contribution is -1.98. The van der Waals surface area contributed by atoms with Gasteiger partial charge in [-0.2, -0.15) is 0 Å². The minimum Gasteiger partial charge on any atom is -0.494 e. The molecule has 0 bridgehead atoms. The van der Waals surface area contributed by atoms with Crippen molar-refractivity contribution in [3.8, 4) is 5.88 Å². The van der Waals surface area contributed by atoms with Crippen LogP contribution in [0, 0.1) is 6.92 Å². The predicted molar refractivity (Wildman–Crippen MR) is 55.4 cm³/mol. The molecule has 0 fully saturated rings. The van der Waals surface area contributed by atoms with Crippen LogP contribution in [-0.4, -0.2) is 21.4 Å². The van der Waals surface area contributed by atoms with Gasteiger partial charge in [-0.05, 0) is 18.6 Å². The maximum absolute atomic E-state index is 9.80. The van der Waals surface area contributed by atoms with E-state index in [2.05, 4.69) is 0 Å². The second kappa shape index (κ2) is 3.35. The van der Waals surface area contributed by atoms with Crippen LogP contribution in [-0.2, 0) is 6.54 Å². The van der Waals surface area contributed by atoms with Gasteiger partial charge in [0.1, 0.15) is 0 Å². The molecule has 0 aliphatic carbocycles. The monoisotopic (exact) mass is 191 g/mol. The van der Waals surface area contributed by atoms with Crippen molar-refractivity contribution in [1.29, 1.82) is 0 Å². The van der Waals surface area contributed by atoms with Crippen molar-refractivity contribution in [2.45, 2.75) is 13.5 Å². The van der Waals surface area contributed by atoms with E-state index in [-0.39, 0.29) is 12.5 Å². The van der Waals surface area contributed by atoms with Gasteiger partial charge in [-0.15, -0.1) is 0 Å². The molecule has 2 N–H and O–H groups in total. The molecule has 2 aromatic rings. The van der Waals surface area contributed by atoms with Crippen LogP contribution in [0.25, 0.3) is 10.8 Å². The molecular formula is C11H13NO2. The van der Waals surface area contributed by atoms with Crippen LogP contribution in [0.5, 0.6) is 5.88 Å². The Kier molecular flexibility index (Phi) is 2.17. The third-order valence-corrected chi connectivity index (χ3v) is 2.46. The summed E-state index contributed by atoms with van der Waals surface area (Å²) in [5, 5.41) is 20.5. The highest BCUT2D eigenvalue weighted by atomic mass is 16.3. The molecule has 0 aliphatic rings. The molecule has 0 saturated carbocycles. The third-order valence-electron chi connectivity index (χ3n) is 2.46. The molecule has 3 heteroatoms. The van der Waals surface area contributed by atoms with Crippen molar-refractivity contribution in [3.63, 3.8) is 0 Å². The standard InChI is InChI=1S/C11H13NO2/c1-8-3-2-4-9-10(8)7-12(5-6-13)11(9)14/h2-4,7,13-14H,5-6H2,1H3. The molecule has 2 rings (SSSR count). The quantitative estimate of drug-likeness (QED) is 0.758. The number of nitrogens with zero attached hydrogens (tertiary/aromatic N) is 1. The number of aliphatic hydroxyl groups excluding tert-OH is 1. The van der Waals surface area contributed by atoms with Gasteiger partial charge >= 0.3 is 0 Å². The summed E-state index contributed by atoms with van der Waals surface area (Å²) >= 11 is 0. The van der Waals surface area contributed by atoms with Crippen molar-refractivity contribution >= 4 is 10.8 Å². The number of aromatic nitrogens is 1. The topological polar surface area (TPSA) is 45.4 Å². The van der Waals surface area contributed by atoms with Crippen molar-refractivity contribution in [2.75, 3.05) is 6.61 Å². The Morgan fingerprint density at radius 2 is 2.07 bits per heavy atom. The van der Waals surface area contributed by atoms with E-state index in [1.54, 1.807) is 4.57 Å². The van der Waals surface area contributed by atoms with Gasteiger partial charge in [-0.1, -0.05) is 12.1 Å². The molecule has 0 atom stereocenters. The highest BCUT2D eigenvalue weighted by Gasteiger charge is 2.08. The first-order chi connectivity index (χ1) is 6.74. The molecular weight excluding hydrogens is 178 g/mol. The van der Waals surface area contributed by atoms with Crippen LogP contribution in [0.3, 0.4) is 0 Å². The highest BCUT2D eigenvalue weighted by molar-refractivity contribution is 5.90. The summed E-state index contributed by atoms with van der Waals surface area (Å²) < 4.78 is 1.66. The van der Waals surface area contributed by atoms with Gasteiger partial charge < -0.3 is 14.8 Å². The number of hydrogen-bond acceptors (Lipinski definition) is 2. The molecule has 0 unspecified atom stereocenters. The van der Waals surface area contributed by atoms with E-state index < -0.39 is 0 Å². The SMILES string of the molecule is Cc1cccc2c(O)n(CCO)cc12. The van der Waals surface area contributed by atoms with Gasteiger partial charge in [0.15, 0.2) is 5.88 Å². The average molecular weight is 191 g/mol. The largest absolute Gasteiger partial charge is 0.494 e. The molecule has 1 aromatic heterocycles. The summed E-state index contributed by atoms with van der Waals surface area (Å²) in [6.45, 7) is 2.47. The number of fused-ring (bicyclic) bond motifs is 1. The lowest BCUT2D eigenvalue weighted by Gasteiger charge is -1.99. The highest BCUT2D eigenvalue weighted by Crippen LogP contribution is 2.28. The predicted octanol–water partition coefficient (Wildman–Crippen LogP) is 1.65. The van der Waals surface area contributed by atoms with E-state index in [4.69, 9.17) is 5.11 Å². The first-order valence-electron chi connectivity index (χ1n) is 4.62. The zero-order valence-electron chi connectivity index (χ0n) is 8.07. The molecule has 3 nitrogen and oxygen atoms in total. The lowest BCUT2D eigenvalue weighted by molar-refractivity contribution is 0.268. The van der Waals surface area contributed by atoms with E-state index in [9.17, 15) is 5.11 Å². The van der Waals surface area contributed by atoms with E-state index in [1.165, 1.54) is 0 Å². The Hall–Kier alpha value is -1.48. The minimum absolute atomic E-state index is 0.0353. The molecule has 0 aliphatic heterocycles. The maximum atomic E-state index is 9.80. The summed E-state index contributed by atoms with van der Waals surface area (Å²) in [6, 6.07) is 5.80. The zero-order valence-corrected chi connectivity index (χ0v) is 8.07. The normalized spacial score (nSPS) is 11.0. The van der Waals surface area contributed by atoms with E-state index in [1.807, 2.05) is 31.3 Å². The van der Waals surface area contributed by atoms with Gasteiger partial charge in [0.05, 0.1) is 6.61 Å². The molecule has 0 spiro atoms. The van der Waals surface area contributed by atoms with Crippen LogP contribution in [0.2, 0.25) is 0 Å². The summed E-state index contributed by atoms with van der Waals surface area (Å²) in [5.74, 6) is 0.234. The van der Waals surface area contributed by atoms with Crippen molar-refractivity contribution in [3.05, 3.63) is 30.0 Å². The average Bonchev–Trinajstić information content (AvgIpc) is 2.48. The number of aryl methyl sites for hydroxylation is 1. The van der Waals surface area contributed by atoms with E-state index >= 15 is 0 Å². The second-order valence-corrected chi connectivity index (χ2v) is 3.41. The Morgan fingerprint density at radius 3 is 2.71 bits per heavy atom. The fraction of sp³-hybridized carbons (Fsp3) is 0.273. The number of aliphatic hydroxyl groups is 1. The molecule has 0 amide bonds. The Balaban J connectivity index is 2.67. The van der Waals surface area contributed by atoms with Crippen LogP contribution in [0.4, 0.5) is 0 Å². The summed E-state index contributed by atoms with van der Waals surface area (Å²) in [4.78, 5) is 0. The fourth-order valence-electron chi connectivity index (χ4n) is 1.70. The molecule has 0 radical (unpaired) electrons. The second-order valence-electron chi connectivity index (χ2n) is 3.41. The maximum Gasteiger partial charge on any atom is 0.199 e. The van der Waals surface area contributed by atoms with Crippen molar-refractivity contribution < 1.29 is 10.2 Å². The Morgan fingerprint density at radius 1 is 1.29 bits per heavy atom. The Bertz CT molecular complexity index is 460. The van der Waals surface area contributed by atoms with Crippen molar-refractivity contribution in [1.82, 2.24) is 4.57 Å². The smallest absolute Gasteiger partial charge is 0.199 e. The number of aromatic hydroxyl groups is 1. The van der Waals surface area contributed by atoms with Gasteiger partial charge in [0.2, 0.25) is 0 Å². The van der Waals surface area contributed by atoms with Gasteiger partial charge in [0.25, 0.3) is 0 Å². The zero-order chi connectivity index (χ0) is 10.1. The molecule has 0 saturated heterocycles. The molecule has 74 valence electrons. The first kappa shape index (κ1) is 9.09. The van der Waals surface area contributed by atoms with E-state index in [0.29, 0.717) is 6.54 Å². The molecule has 1 aromatic carbocycles. The number of benzene rings is 1. The number of rotatable bonds is 2. The van der Waals surface area contributed by atoms with E-state index in [0.717, 1.165) is 16.3 Å². The molecule has 14 heavy (non-hydrogen) atoms. The van der Waals surface area contributed by atoms with Crippen LogP contribution >= 0.6 is 0 Å². The van der Waals surface area contributed by atoms with Crippen LogP contribution < -0.4 is 0 Å². The number of hydrogen-bond donors (Lipinski definition) is 2. The fourth-order valence-corrected chi connectivity index (χ4v) is 1.70. The molecule has 1 heterocycles. The van der Waals surface area contributed by atoms with Crippen LogP contribution in [0.1, 0.15) is 5.56 Å². The Labute approximate surface area is 82.2 Å². The van der Waals surface area contributed by atoms with Gasteiger partial charge in [0, 0.05) is 23.5 Å². The van der Waals surface area contributed by atoms with Gasteiger partial charge in [-0.25, -0.2) is 0 Å².